The summed E-state index contributed by atoms with van der Waals surface area (Å²) < 4.78 is 0. The minimum absolute atomic E-state index is 0.150. The number of anilines is 1. The molecule has 1 rings (SSSR count). The Morgan fingerprint density at radius 1 is 1.73 bits per heavy atom. The minimum Gasteiger partial charge on any atom is -0.481 e. The molecule has 1 aromatic heterocycles. The lowest BCUT2D eigenvalue weighted by Gasteiger charge is -2.10. The molecule has 0 fully saturated rings. The summed E-state index contributed by atoms with van der Waals surface area (Å²) in [7, 11) is 0. The van der Waals surface area contributed by atoms with Crippen LogP contribution in [0.25, 0.3) is 0 Å². The smallest absolute Gasteiger partial charge is 0.303 e. The van der Waals surface area contributed by atoms with Crippen LogP contribution in [-0.2, 0) is 11.2 Å². The van der Waals surface area contributed by atoms with Gasteiger partial charge in [0.25, 0.3) is 0 Å². The van der Waals surface area contributed by atoms with Crippen LogP contribution in [-0.4, -0.2) is 22.1 Å². The van der Waals surface area contributed by atoms with Crippen LogP contribution < -0.4 is 5.32 Å². The number of aryl methyl sites for hydroxylation is 1. The zero-order valence-electron chi connectivity index (χ0n) is 8.99. The molecule has 0 aliphatic heterocycles. The van der Waals surface area contributed by atoms with Gasteiger partial charge in [-0.2, -0.15) is 0 Å². The van der Waals surface area contributed by atoms with Crippen LogP contribution in [0.2, 0.25) is 0 Å². The molecule has 4 nitrogen and oxygen atoms in total. The topological polar surface area (TPSA) is 62.2 Å². The first-order chi connectivity index (χ1) is 7.11. The molecule has 0 spiro atoms. The molecule has 0 aliphatic carbocycles. The fourth-order valence-corrected chi connectivity index (χ4v) is 2.06. The number of aliphatic carboxylic acids is 1. The van der Waals surface area contributed by atoms with Crippen molar-refractivity contribution in [2.75, 3.05) is 5.32 Å². The van der Waals surface area contributed by atoms with Gasteiger partial charge in [0.2, 0.25) is 0 Å². The zero-order valence-corrected chi connectivity index (χ0v) is 9.80. The number of nitrogens with zero attached hydrogens (tertiary/aromatic N) is 1. The Morgan fingerprint density at radius 3 is 3.00 bits per heavy atom. The van der Waals surface area contributed by atoms with Gasteiger partial charge >= 0.3 is 5.97 Å². The van der Waals surface area contributed by atoms with Crippen LogP contribution in [0.5, 0.6) is 0 Å². The third-order valence-electron chi connectivity index (χ3n) is 2.08. The quantitative estimate of drug-likeness (QED) is 0.784. The predicted octanol–water partition coefficient (Wildman–Crippen LogP) is 2.37. The molecule has 15 heavy (non-hydrogen) atoms. The van der Waals surface area contributed by atoms with Crippen molar-refractivity contribution in [3.63, 3.8) is 0 Å². The number of hydrogen-bond donors (Lipinski definition) is 2. The van der Waals surface area contributed by atoms with E-state index in [0.717, 1.165) is 17.2 Å². The minimum atomic E-state index is -0.753. The van der Waals surface area contributed by atoms with Gasteiger partial charge in [0.15, 0.2) is 5.13 Å². The number of carbonyl (C=O) groups is 1. The lowest BCUT2D eigenvalue weighted by atomic mass is 10.2. The Morgan fingerprint density at radius 2 is 2.47 bits per heavy atom. The number of carboxylic acid groups (broad SMARTS) is 1. The summed E-state index contributed by atoms with van der Waals surface area (Å²) in [4.78, 5) is 14.7. The molecule has 0 amide bonds. The molecule has 1 atom stereocenters. The fourth-order valence-electron chi connectivity index (χ4n) is 1.16. The highest BCUT2D eigenvalue weighted by Crippen LogP contribution is 2.17. The maximum Gasteiger partial charge on any atom is 0.303 e. The summed E-state index contributed by atoms with van der Waals surface area (Å²) in [5.41, 5.74) is 1.08. The van der Waals surface area contributed by atoms with Gasteiger partial charge in [-0.15, -0.1) is 11.3 Å². The van der Waals surface area contributed by atoms with E-state index in [0.29, 0.717) is 6.42 Å². The van der Waals surface area contributed by atoms with Gasteiger partial charge in [-0.1, -0.05) is 6.92 Å². The summed E-state index contributed by atoms with van der Waals surface area (Å²) in [6.45, 7) is 4.03. The van der Waals surface area contributed by atoms with E-state index in [-0.39, 0.29) is 12.5 Å². The van der Waals surface area contributed by atoms with E-state index in [4.69, 9.17) is 5.11 Å². The Kier molecular flexibility index (Phi) is 4.55. The molecule has 1 heterocycles. The van der Waals surface area contributed by atoms with Gasteiger partial charge < -0.3 is 10.4 Å². The van der Waals surface area contributed by atoms with E-state index in [1.807, 2.05) is 12.3 Å². The van der Waals surface area contributed by atoms with E-state index in [1.54, 1.807) is 11.3 Å². The van der Waals surface area contributed by atoms with Crippen molar-refractivity contribution in [1.29, 1.82) is 0 Å². The summed E-state index contributed by atoms with van der Waals surface area (Å²) in [6.07, 6.45) is 1.75. The third-order valence-corrected chi connectivity index (χ3v) is 2.90. The second kappa shape index (κ2) is 5.70. The lowest BCUT2D eigenvalue weighted by molar-refractivity contribution is -0.137. The van der Waals surface area contributed by atoms with Gasteiger partial charge in [-0.05, 0) is 19.8 Å². The SMILES string of the molecule is CCc1csc(NC(C)CCC(=O)O)n1. The highest BCUT2D eigenvalue weighted by atomic mass is 32.1. The largest absolute Gasteiger partial charge is 0.481 e. The maximum atomic E-state index is 10.4. The van der Waals surface area contributed by atoms with Crippen LogP contribution in [0.15, 0.2) is 5.38 Å². The van der Waals surface area contributed by atoms with Crippen LogP contribution in [0.1, 0.15) is 32.4 Å². The summed E-state index contributed by atoms with van der Waals surface area (Å²) in [5, 5.41) is 14.6. The Bertz CT molecular complexity index is 325. The van der Waals surface area contributed by atoms with Crippen molar-refractivity contribution >= 4 is 22.4 Å². The molecule has 1 aromatic rings. The highest BCUT2D eigenvalue weighted by Gasteiger charge is 2.07. The monoisotopic (exact) mass is 228 g/mol. The fraction of sp³-hybridized carbons (Fsp3) is 0.600. The normalized spacial score (nSPS) is 12.4. The molecule has 0 aromatic carbocycles. The van der Waals surface area contributed by atoms with E-state index >= 15 is 0 Å². The average Bonchev–Trinajstić information content (AvgIpc) is 2.62. The molecule has 5 heteroatoms. The van der Waals surface area contributed by atoms with Crippen molar-refractivity contribution in [3.05, 3.63) is 11.1 Å². The summed E-state index contributed by atoms with van der Waals surface area (Å²) in [6, 6.07) is 0.150. The predicted molar refractivity (Wildman–Crippen MR) is 61.4 cm³/mol. The summed E-state index contributed by atoms with van der Waals surface area (Å²) >= 11 is 1.57. The lowest BCUT2D eigenvalue weighted by Crippen LogP contribution is -2.16. The number of hydrogen-bond acceptors (Lipinski definition) is 4. The molecule has 84 valence electrons. The molecule has 0 aliphatic rings. The van der Waals surface area contributed by atoms with Gasteiger partial charge in [-0.25, -0.2) is 4.98 Å². The van der Waals surface area contributed by atoms with Crippen molar-refractivity contribution in [2.24, 2.45) is 0 Å². The third kappa shape index (κ3) is 4.29. The van der Waals surface area contributed by atoms with Gasteiger partial charge in [-0.3, -0.25) is 4.79 Å². The van der Waals surface area contributed by atoms with Crippen molar-refractivity contribution < 1.29 is 9.90 Å². The van der Waals surface area contributed by atoms with Crippen molar-refractivity contribution in [1.82, 2.24) is 4.98 Å². The molecule has 2 N–H and O–H groups in total. The average molecular weight is 228 g/mol. The van der Waals surface area contributed by atoms with E-state index < -0.39 is 5.97 Å². The number of nitrogens with one attached hydrogen (secondary N) is 1. The van der Waals surface area contributed by atoms with Gasteiger partial charge in [0, 0.05) is 17.8 Å². The molecular weight excluding hydrogens is 212 g/mol. The van der Waals surface area contributed by atoms with Gasteiger partial charge in [0.05, 0.1) is 5.69 Å². The number of thiazole rings is 1. The zero-order chi connectivity index (χ0) is 11.3. The van der Waals surface area contributed by atoms with Crippen LogP contribution in [0.4, 0.5) is 5.13 Å². The van der Waals surface area contributed by atoms with Crippen LogP contribution in [0, 0.1) is 0 Å². The number of carboxylic acids is 1. The second-order valence-corrected chi connectivity index (χ2v) is 4.33. The van der Waals surface area contributed by atoms with E-state index in [9.17, 15) is 4.79 Å². The Labute approximate surface area is 93.4 Å². The molecule has 0 radical (unpaired) electrons. The van der Waals surface area contributed by atoms with E-state index in [1.165, 1.54) is 0 Å². The first-order valence-electron chi connectivity index (χ1n) is 5.04. The molecule has 1 unspecified atom stereocenters. The van der Waals surface area contributed by atoms with Gasteiger partial charge in [0.1, 0.15) is 0 Å². The Balaban J connectivity index is 2.36. The molecule has 0 saturated heterocycles. The summed E-state index contributed by atoms with van der Waals surface area (Å²) in [5.74, 6) is -0.753. The number of aromatic nitrogens is 1. The van der Waals surface area contributed by atoms with Crippen LogP contribution >= 0.6 is 11.3 Å². The first kappa shape index (κ1) is 12.0. The highest BCUT2D eigenvalue weighted by molar-refractivity contribution is 7.13. The van der Waals surface area contributed by atoms with E-state index in [2.05, 4.69) is 17.2 Å². The Hall–Kier alpha value is -1.10. The number of rotatable bonds is 6. The standard InChI is InChI=1S/C10H16N2O2S/c1-3-8-6-15-10(12-8)11-7(2)4-5-9(13)14/h6-7H,3-5H2,1-2H3,(H,11,12)(H,13,14). The second-order valence-electron chi connectivity index (χ2n) is 3.48. The molecular formula is C10H16N2O2S. The first-order valence-corrected chi connectivity index (χ1v) is 5.92. The molecule has 0 saturated carbocycles. The van der Waals surface area contributed by atoms with Crippen LogP contribution in [0.3, 0.4) is 0 Å². The molecule has 0 bridgehead atoms. The van der Waals surface area contributed by atoms with Crippen molar-refractivity contribution in [3.8, 4) is 0 Å². The maximum absolute atomic E-state index is 10.4. The van der Waals surface area contributed by atoms with Crippen molar-refractivity contribution in [2.45, 2.75) is 39.2 Å².